The average molecular weight is 341 g/mol. The number of carbonyl (C=O) groups excluding carboxylic acids is 1. The lowest BCUT2D eigenvalue weighted by Gasteiger charge is -2.08. The molecule has 0 aliphatic carbocycles. The molecule has 2 heterocycles. The molecule has 0 amide bonds. The molecule has 0 aliphatic heterocycles. The summed E-state index contributed by atoms with van der Waals surface area (Å²) in [5.41, 5.74) is 2.02. The molecule has 0 fully saturated rings. The van der Waals surface area contributed by atoms with Crippen LogP contribution in [0.15, 0.2) is 48.8 Å². The van der Waals surface area contributed by atoms with Gasteiger partial charge in [0.1, 0.15) is 17.3 Å². The fourth-order valence-electron chi connectivity index (χ4n) is 2.30. The number of aromatic amines is 1. The predicted molar refractivity (Wildman–Crippen MR) is 91.4 cm³/mol. The highest BCUT2D eigenvalue weighted by Crippen LogP contribution is 2.27. The first-order valence-corrected chi connectivity index (χ1v) is 7.49. The lowest BCUT2D eigenvalue weighted by molar-refractivity contribution is 0.0601. The fraction of sp³-hybridized carbons (Fsp3) is 0.111. The molecular formula is C18H16FN3O3. The number of nitrogens with zero attached hydrogens (tertiary/aromatic N) is 1. The van der Waals surface area contributed by atoms with Crippen LogP contribution in [0, 0.1) is 5.82 Å². The van der Waals surface area contributed by atoms with Gasteiger partial charge in [0.2, 0.25) is 0 Å². The Kier molecular flexibility index (Phi) is 4.65. The van der Waals surface area contributed by atoms with E-state index in [1.54, 1.807) is 49.8 Å². The lowest BCUT2D eigenvalue weighted by Crippen LogP contribution is -1.98. The van der Waals surface area contributed by atoms with E-state index in [1.165, 1.54) is 13.2 Å². The van der Waals surface area contributed by atoms with Gasteiger partial charge < -0.3 is 19.8 Å². The molecule has 0 atom stereocenters. The van der Waals surface area contributed by atoms with E-state index < -0.39 is 11.8 Å². The number of halogens is 1. The van der Waals surface area contributed by atoms with Crippen LogP contribution >= 0.6 is 0 Å². The number of rotatable bonds is 5. The Labute approximate surface area is 143 Å². The molecular weight excluding hydrogens is 325 g/mol. The number of H-pyrrole nitrogens is 1. The summed E-state index contributed by atoms with van der Waals surface area (Å²) in [5, 5.41) is 2.75. The van der Waals surface area contributed by atoms with Crippen molar-refractivity contribution in [2.24, 2.45) is 0 Å². The minimum Gasteiger partial charge on any atom is -0.465 e. The zero-order chi connectivity index (χ0) is 17.8. The summed E-state index contributed by atoms with van der Waals surface area (Å²) < 4.78 is 24.2. The largest absolute Gasteiger partial charge is 0.465 e. The second kappa shape index (κ2) is 7.04. The summed E-state index contributed by atoms with van der Waals surface area (Å²) >= 11 is 0. The Hall–Kier alpha value is -3.35. The quantitative estimate of drug-likeness (QED) is 0.690. The van der Waals surface area contributed by atoms with Crippen LogP contribution in [0.5, 0.6) is 11.5 Å². The number of hydrogen-bond acceptors (Lipinski definition) is 5. The molecule has 25 heavy (non-hydrogen) atoms. The van der Waals surface area contributed by atoms with Gasteiger partial charge in [0.15, 0.2) is 0 Å². The van der Waals surface area contributed by atoms with Gasteiger partial charge in [-0.25, -0.2) is 9.18 Å². The Bertz CT molecular complexity index is 908. The Morgan fingerprint density at radius 3 is 2.72 bits per heavy atom. The molecule has 2 N–H and O–H groups in total. The number of nitrogens with one attached hydrogen (secondary N) is 2. The van der Waals surface area contributed by atoms with E-state index in [-0.39, 0.29) is 0 Å². The third kappa shape index (κ3) is 3.60. The van der Waals surface area contributed by atoms with E-state index in [9.17, 15) is 9.18 Å². The van der Waals surface area contributed by atoms with Crippen LogP contribution in [0.1, 0.15) is 10.4 Å². The van der Waals surface area contributed by atoms with Crippen molar-refractivity contribution in [1.82, 2.24) is 9.97 Å². The number of ether oxygens (including phenoxy) is 2. The van der Waals surface area contributed by atoms with Gasteiger partial charge in [-0.05, 0) is 24.3 Å². The van der Waals surface area contributed by atoms with E-state index in [0.29, 0.717) is 34.1 Å². The van der Waals surface area contributed by atoms with Crippen molar-refractivity contribution < 1.29 is 18.7 Å². The number of pyridine rings is 1. The maximum Gasteiger partial charge on any atom is 0.339 e. The van der Waals surface area contributed by atoms with E-state index in [1.807, 2.05) is 0 Å². The highest BCUT2D eigenvalue weighted by molar-refractivity contribution is 5.90. The molecule has 6 nitrogen and oxygen atoms in total. The van der Waals surface area contributed by atoms with Crippen molar-refractivity contribution in [3.8, 4) is 22.9 Å². The Morgan fingerprint density at radius 1 is 1.20 bits per heavy atom. The molecule has 0 aliphatic rings. The lowest BCUT2D eigenvalue weighted by atomic mass is 10.2. The van der Waals surface area contributed by atoms with Gasteiger partial charge in [0, 0.05) is 31.6 Å². The van der Waals surface area contributed by atoms with Crippen molar-refractivity contribution in [3.63, 3.8) is 0 Å². The van der Waals surface area contributed by atoms with Gasteiger partial charge in [-0.15, -0.1) is 0 Å². The first-order valence-electron chi connectivity index (χ1n) is 7.49. The third-order valence-electron chi connectivity index (χ3n) is 3.56. The summed E-state index contributed by atoms with van der Waals surface area (Å²) in [6, 6.07) is 9.56. The zero-order valence-electron chi connectivity index (χ0n) is 13.7. The molecule has 1 aromatic carbocycles. The minimum absolute atomic E-state index is 0.371. The van der Waals surface area contributed by atoms with E-state index in [4.69, 9.17) is 4.74 Å². The minimum atomic E-state index is -0.435. The van der Waals surface area contributed by atoms with Crippen LogP contribution in [-0.2, 0) is 4.74 Å². The Morgan fingerprint density at radius 2 is 2.00 bits per heavy atom. The van der Waals surface area contributed by atoms with Crippen LogP contribution in [0.25, 0.3) is 11.4 Å². The first-order chi connectivity index (χ1) is 12.1. The smallest absolute Gasteiger partial charge is 0.339 e. The maximum atomic E-state index is 13.8. The number of aromatic nitrogens is 2. The summed E-state index contributed by atoms with van der Waals surface area (Å²) in [4.78, 5) is 18.7. The first kappa shape index (κ1) is 16.5. The van der Waals surface area contributed by atoms with Gasteiger partial charge in [0.25, 0.3) is 0 Å². The summed E-state index contributed by atoms with van der Waals surface area (Å²) in [6.45, 7) is 0. The van der Waals surface area contributed by atoms with Crippen molar-refractivity contribution in [2.75, 3.05) is 19.5 Å². The van der Waals surface area contributed by atoms with Crippen molar-refractivity contribution in [3.05, 3.63) is 60.2 Å². The number of carbonyl (C=O) groups is 1. The van der Waals surface area contributed by atoms with E-state index >= 15 is 0 Å². The fourth-order valence-corrected chi connectivity index (χ4v) is 2.30. The number of esters is 1. The SMILES string of the molecule is CNc1ccc(Oc2ccnc(-c3cc(C(=O)OC)c[nH]3)c2)cc1F. The van der Waals surface area contributed by atoms with Gasteiger partial charge in [-0.3, -0.25) is 4.98 Å². The third-order valence-corrected chi connectivity index (χ3v) is 3.56. The second-order valence-corrected chi connectivity index (χ2v) is 5.16. The topological polar surface area (TPSA) is 76.2 Å². The monoisotopic (exact) mass is 341 g/mol. The Balaban J connectivity index is 1.83. The maximum absolute atomic E-state index is 13.8. The van der Waals surface area contributed by atoms with Crippen molar-refractivity contribution in [2.45, 2.75) is 0 Å². The molecule has 2 aromatic heterocycles. The summed E-state index contributed by atoms with van der Waals surface area (Å²) in [7, 11) is 2.97. The van der Waals surface area contributed by atoms with Crippen LogP contribution in [-0.4, -0.2) is 30.1 Å². The van der Waals surface area contributed by atoms with Crippen molar-refractivity contribution in [1.29, 1.82) is 0 Å². The van der Waals surface area contributed by atoms with Gasteiger partial charge in [0.05, 0.1) is 29.7 Å². The molecule has 128 valence electrons. The molecule has 0 saturated carbocycles. The van der Waals surface area contributed by atoms with Crippen LogP contribution < -0.4 is 10.1 Å². The molecule has 7 heteroatoms. The number of hydrogen-bond donors (Lipinski definition) is 2. The molecule has 0 bridgehead atoms. The summed E-state index contributed by atoms with van der Waals surface area (Å²) in [5.74, 6) is 0.0302. The zero-order valence-corrected chi connectivity index (χ0v) is 13.7. The standard InChI is InChI=1S/C18H16FN3O3/c1-20-15-4-3-12(8-14(15)19)25-13-5-6-21-17(9-13)16-7-11(10-22-16)18(23)24-2/h3-10,20,22H,1-2H3. The normalized spacial score (nSPS) is 10.4. The number of anilines is 1. The molecule has 0 radical (unpaired) electrons. The highest BCUT2D eigenvalue weighted by atomic mass is 19.1. The molecule has 0 saturated heterocycles. The number of methoxy groups -OCH3 is 1. The predicted octanol–water partition coefficient (Wildman–Crippen LogP) is 3.84. The van der Waals surface area contributed by atoms with Gasteiger partial charge >= 0.3 is 5.97 Å². The molecule has 0 unspecified atom stereocenters. The van der Waals surface area contributed by atoms with E-state index in [0.717, 1.165) is 0 Å². The van der Waals surface area contributed by atoms with Crippen molar-refractivity contribution >= 4 is 11.7 Å². The number of benzene rings is 1. The molecule has 3 rings (SSSR count). The van der Waals surface area contributed by atoms with Crippen LogP contribution in [0.3, 0.4) is 0 Å². The van der Waals surface area contributed by atoms with Gasteiger partial charge in [-0.2, -0.15) is 0 Å². The van der Waals surface area contributed by atoms with E-state index in [2.05, 4.69) is 20.0 Å². The second-order valence-electron chi connectivity index (χ2n) is 5.16. The average Bonchev–Trinajstić information content (AvgIpc) is 3.12. The van der Waals surface area contributed by atoms with Crippen LogP contribution in [0.2, 0.25) is 0 Å². The van der Waals surface area contributed by atoms with Gasteiger partial charge in [-0.1, -0.05) is 0 Å². The highest BCUT2D eigenvalue weighted by Gasteiger charge is 2.11. The summed E-state index contributed by atoms with van der Waals surface area (Å²) in [6.07, 6.45) is 3.11. The molecule has 0 spiro atoms. The molecule has 3 aromatic rings. The van der Waals surface area contributed by atoms with Crippen LogP contribution in [0.4, 0.5) is 10.1 Å².